The highest BCUT2D eigenvalue weighted by molar-refractivity contribution is 4.64. The Hall–Kier alpha value is -0.540. The van der Waals surface area contributed by atoms with Gasteiger partial charge in [-0.15, -0.1) is 0 Å². The Morgan fingerprint density at radius 1 is 1.33 bits per heavy atom. The Bertz CT molecular complexity index is 122. The zero-order valence-electron chi connectivity index (χ0n) is 7.59. The molecule has 1 aliphatic heterocycles. The lowest BCUT2D eigenvalue weighted by molar-refractivity contribution is 0.117. The molecule has 0 aromatic rings. The minimum Gasteiger partial charge on any atom is -0.417 e. The Morgan fingerprint density at radius 2 is 2.08 bits per heavy atom. The Labute approximate surface area is 74.3 Å². The third-order valence-electron chi connectivity index (χ3n) is 2.15. The Morgan fingerprint density at radius 3 is 2.75 bits per heavy atom. The van der Waals surface area contributed by atoms with Crippen molar-refractivity contribution in [3.05, 3.63) is 12.8 Å². The largest absolute Gasteiger partial charge is 0.417 e. The van der Waals surface area contributed by atoms with Gasteiger partial charge in [-0.2, -0.15) is 5.48 Å². The van der Waals surface area contributed by atoms with E-state index in [1.165, 1.54) is 38.6 Å². The molecule has 0 radical (unpaired) electrons. The summed E-state index contributed by atoms with van der Waals surface area (Å²) in [6.45, 7) is 7.90. The van der Waals surface area contributed by atoms with Gasteiger partial charge in [-0.1, -0.05) is 13.0 Å². The molecule has 0 saturated carbocycles. The maximum absolute atomic E-state index is 4.81. The predicted molar refractivity (Wildman–Crippen MR) is 49.6 cm³/mol. The fourth-order valence-corrected chi connectivity index (χ4v) is 1.50. The van der Waals surface area contributed by atoms with Crippen LogP contribution in [0.5, 0.6) is 0 Å². The standard InChI is InChI=1S/C9H18N2O/c1-2-12-10-6-9-11-7-4-3-5-8-11/h2,10H,1,3-9H2. The van der Waals surface area contributed by atoms with E-state index in [9.17, 15) is 0 Å². The van der Waals surface area contributed by atoms with Crippen molar-refractivity contribution >= 4 is 0 Å². The van der Waals surface area contributed by atoms with Crippen LogP contribution in [0.3, 0.4) is 0 Å². The van der Waals surface area contributed by atoms with Gasteiger partial charge in [-0.25, -0.2) is 0 Å². The molecule has 1 fully saturated rings. The van der Waals surface area contributed by atoms with E-state index in [0.717, 1.165) is 13.1 Å². The number of nitrogens with one attached hydrogen (secondary N) is 1. The molecule has 1 heterocycles. The van der Waals surface area contributed by atoms with E-state index in [2.05, 4.69) is 17.0 Å². The van der Waals surface area contributed by atoms with Crippen molar-refractivity contribution in [1.82, 2.24) is 10.4 Å². The summed E-state index contributed by atoms with van der Waals surface area (Å²) in [5.41, 5.74) is 2.82. The average Bonchev–Trinajstić information content (AvgIpc) is 2.14. The van der Waals surface area contributed by atoms with E-state index in [1.54, 1.807) is 0 Å². The van der Waals surface area contributed by atoms with E-state index < -0.39 is 0 Å². The quantitative estimate of drug-likeness (QED) is 0.380. The maximum Gasteiger partial charge on any atom is 0.104 e. The Kier molecular flexibility index (Phi) is 4.80. The fraction of sp³-hybridized carbons (Fsp3) is 0.778. The van der Waals surface area contributed by atoms with Gasteiger partial charge in [0.25, 0.3) is 0 Å². The van der Waals surface area contributed by atoms with Gasteiger partial charge >= 0.3 is 0 Å². The monoisotopic (exact) mass is 170 g/mol. The fourth-order valence-electron chi connectivity index (χ4n) is 1.50. The van der Waals surface area contributed by atoms with Crippen molar-refractivity contribution in [2.45, 2.75) is 19.3 Å². The summed E-state index contributed by atoms with van der Waals surface area (Å²) in [5, 5.41) is 0. The summed E-state index contributed by atoms with van der Waals surface area (Å²) in [6.07, 6.45) is 5.51. The third-order valence-corrected chi connectivity index (χ3v) is 2.15. The summed E-state index contributed by atoms with van der Waals surface area (Å²) in [5.74, 6) is 0. The molecule has 1 saturated heterocycles. The van der Waals surface area contributed by atoms with Crippen LogP contribution in [-0.4, -0.2) is 31.1 Å². The molecule has 12 heavy (non-hydrogen) atoms. The van der Waals surface area contributed by atoms with Crippen LogP contribution in [0.1, 0.15) is 19.3 Å². The molecule has 0 spiro atoms. The normalized spacial score (nSPS) is 19.0. The highest BCUT2D eigenvalue weighted by Gasteiger charge is 2.08. The third kappa shape index (κ3) is 3.74. The number of hydrogen-bond donors (Lipinski definition) is 1. The summed E-state index contributed by atoms with van der Waals surface area (Å²) in [7, 11) is 0. The molecule has 0 amide bonds. The summed E-state index contributed by atoms with van der Waals surface area (Å²) in [6, 6.07) is 0. The van der Waals surface area contributed by atoms with Crippen LogP contribution in [0.4, 0.5) is 0 Å². The van der Waals surface area contributed by atoms with Crippen molar-refractivity contribution in [3.63, 3.8) is 0 Å². The zero-order valence-corrected chi connectivity index (χ0v) is 7.59. The smallest absolute Gasteiger partial charge is 0.104 e. The van der Waals surface area contributed by atoms with Gasteiger partial charge < -0.3 is 9.74 Å². The first kappa shape index (κ1) is 9.55. The van der Waals surface area contributed by atoms with Gasteiger partial charge in [0.05, 0.1) is 0 Å². The molecule has 0 unspecified atom stereocenters. The molecule has 0 atom stereocenters. The predicted octanol–water partition coefficient (Wildman–Crippen LogP) is 1.14. The van der Waals surface area contributed by atoms with Crippen molar-refractivity contribution < 1.29 is 4.84 Å². The second kappa shape index (κ2) is 6.03. The lowest BCUT2D eigenvalue weighted by atomic mass is 10.1. The zero-order chi connectivity index (χ0) is 8.65. The number of rotatable bonds is 5. The van der Waals surface area contributed by atoms with Gasteiger partial charge in [0, 0.05) is 13.1 Å². The van der Waals surface area contributed by atoms with Gasteiger partial charge in [-0.3, -0.25) is 0 Å². The second-order valence-electron chi connectivity index (χ2n) is 3.08. The summed E-state index contributed by atoms with van der Waals surface area (Å²) in [4.78, 5) is 7.27. The van der Waals surface area contributed by atoms with Gasteiger partial charge in [0.2, 0.25) is 0 Å². The van der Waals surface area contributed by atoms with Crippen LogP contribution in [0.15, 0.2) is 12.8 Å². The van der Waals surface area contributed by atoms with Crippen LogP contribution < -0.4 is 5.48 Å². The van der Waals surface area contributed by atoms with E-state index >= 15 is 0 Å². The second-order valence-corrected chi connectivity index (χ2v) is 3.08. The molecule has 1 rings (SSSR count). The van der Waals surface area contributed by atoms with Gasteiger partial charge in [0.15, 0.2) is 0 Å². The molecule has 0 aromatic heterocycles. The van der Waals surface area contributed by atoms with E-state index in [0.29, 0.717) is 0 Å². The van der Waals surface area contributed by atoms with Crippen LogP contribution >= 0.6 is 0 Å². The number of hydroxylamine groups is 1. The molecule has 1 N–H and O–H groups in total. The summed E-state index contributed by atoms with van der Waals surface area (Å²) < 4.78 is 0. The molecular formula is C9H18N2O. The minimum absolute atomic E-state index is 0.881. The van der Waals surface area contributed by atoms with Crippen LogP contribution in [0, 0.1) is 0 Å². The van der Waals surface area contributed by atoms with Crippen LogP contribution in [-0.2, 0) is 4.84 Å². The maximum atomic E-state index is 4.81. The van der Waals surface area contributed by atoms with Crippen molar-refractivity contribution in [1.29, 1.82) is 0 Å². The first-order chi connectivity index (χ1) is 5.93. The highest BCUT2D eigenvalue weighted by atomic mass is 16.6. The summed E-state index contributed by atoms with van der Waals surface area (Å²) >= 11 is 0. The molecule has 0 bridgehead atoms. The van der Waals surface area contributed by atoms with E-state index in [-0.39, 0.29) is 0 Å². The molecule has 3 heteroatoms. The number of piperidine rings is 1. The van der Waals surface area contributed by atoms with Gasteiger partial charge in [0.1, 0.15) is 6.26 Å². The average molecular weight is 170 g/mol. The van der Waals surface area contributed by atoms with Crippen molar-refractivity contribution in [3.8, 4) is 0 Å². The molecule has 1 aliphatic rings. The Balaban J connectivity index is 1.94. The number of likely N-dealkylation sites (tertiary alicyclic amines) is 1. The highest BCUT2D eigenvalue weighted by Crippen LogP contribution is 2.06. The molecule has 3 nitrogen and oxygen atoms in total. The lowest BCUT2D eigenvalue weighted by Crippen LogP contribution is -2.35. The van der Waals surface area contributed by atoms with E-state index in [4.69, 9.17) is 4.84 Å². The SMILES string of the molecule is C=CONCCN1CCCCC1. The van der Waals surface area contributed by atoms with E-state index in [1.807, 2.05) is 0 Å². The minimum atomic E-state index is 0.881. The topological polar surface area (TPSA) is 24.5 Å². The molecule has 70 valence electrons. The van der Waals surface area contributed by atoms with Crippen molar-refractivity contribution in [2.75, 3.05) is 26.2 Å². The molecule has 0 aliphatic carbocycles. The molecular weight excluding hydrogens is 152 g/mol. The van der Waals surface area contributed by atoms with Crippen LogP contribution in [0.25, 0.3) is 0 Å². The first-order valence-corrected chi connectivity index (χ1v) is 4.65. The first-order valence-electron chi connectivity index (χ1n) is 4.65. The van der Waals surface area contributed by atoms with Crippen LogP contribution in [0.2, 0.25) is 0 Å². The molecule has 0 aromatic carbocycles. The van der Waals surface area contributed by atoms with Crippen molar-refractivity contribution in [2.24, 2.45) is 0 Å². The number of hydrogen-bond acceptors (Lipinski definition) is 3. The lowest BCUT2D eigenvalue weighted by Gasteiger charge is -2.25. The number of nitrogens with zero attached hydrogens (tertiary/aromatic N) is 1. The van der Waals surface area contributed by atoms with Gasteiger partial charge in [-0.05, 0) is 25.9 Å².